The maximum absolute atomic E-state index is 12.4. The van der Waals surface area contributed by atoms with Crippen molar-refractivity contribution in [2.75, 3.05) is 5.32 Å². The summed E-state index contributed by atoms with van der Waals surface area (Å²) in [5, 5.41) is 8.48. The van der Waals surface area contributed by atoms with Crippen LogP contribution in [0.15, 0.2) is 42.7 Å². The van der Waals surface area contributed by atoms with Gasteiger partial charge in [0.1, 0.15) is 5.82 Å². The second kappa shape index (κ2) is 5.57. The molecule has 1 aliphatic carbocycles. The van der Waals surface area contributed by atoms with Crippen molar-refractivity contribution in [3.8, 4) is 0 Å². The summed E-state index contributed by atoms with van der Waals surface area (Å²) < 4.78 is 1.94. The van der Waals surface area contributed by atoms with Gasteiger partial charge in [0, 0.05) is 23.2 Å². The maximum Gasteiger partial charge on any atom is 0.230 e. The van der Waals surface area contributed by atoms with Crippen LogP contribution in [0.25, 0.3) is 10.9 Å². The number of amides is 1. The molecule has 0 aliphatic heterocycles. The zero-order valence-electron chi connectivity index (χ0n) is 13.1. The maximum atomic E-state index is 12.4. The summed E-state index contributed by atoms with van der Waals surface area (Å²) in [6.45, 7) is 2.17. The minimum atomic E-state index is -0.0144. The number of rotatable bonds is 5. The molecule has 2 N–H and O–H groups in total. The number of carbonyl (C=O) groups excluding carboxylic acids is 1. The summed E-state index contributed by atoms with van der Waals surface area (Å²) >= 11 is 0. The van der Waals surface area contributed by atoms with E-state index in [1.165, 1.54) is 12.8 Å². The second-order valence-corrected chi connectivity index (χ2v) is 6.32. The summed E-state index contributed by atoms with van der Waals surface area (Å²) in [6.07, 6.45) is 6.52. The molecule has 1 aromatic carbocycles. The molecular formula is C18H20N4O. The molecule has 0 radical (unpaired) electrons. The average molecular weight is 308 g/mol. The first kappa shape index (κ1) is 14.1. The number of benzene rings is 1. The standard InChI is InChI=1S/C18H20N4O/c1-12(13-6-7-13)22-17(8-9-20-22)21-18(23)10-14-11-19-16-5-3-2-4-15(14)16/h2-5,8-9,11-13,19H,6-7,10H2,1H3,(H,21,23). The summed E-state index contributed by atoms with van der Waals surface area (Å²) in [5.41, 5.74) is 2.07. The van der Waals surface area contributed by atoms with Crippen LogP contribution in [-0.2, 0) is 11.2 Å². The Balaban J connectivity index is 1.49. The van der Waals surface area contributed by atoms with E-state index in [-0.39, 0.29) is 5.91 Å². The first-order valence-electron chi connectivity index (χ1n) is 8.11. The number of anilines is 1. The van der Waals surface area contributed by atoms with Crippen molar-refractivity contribution in [1.82, 2.24) is 14.8 Å². The van der Waals surface area contributed by atoms with E-state index in [0.29, 0.717) is 18.4 Å². The highest BCUT2D eigenvalue weighted by atomic mass is 16.1. The smallest absolute Gasteiger partial charge is 0.230 e. The molecular weight excluding hydrogens is 288 g/mol. The van der Waals surface area contributed by atoms with Gasteiger partial charge in [-0.25, -0.2) is 4.68 Å². The van der Waals surface area contributed by atoms with Gasteiger partial charge in [0.2, 0.25) is 5.91 Å². The lowest BCUT2D eigenvalue weighted by molar-refractivity contribution is -0.115. The van der Waals surface area contributed by atoms with Crippen molar-refractivity contribution >= 4 is 22.6 Å². The van der Waals surface area contributed by atoms with Gasteiger partial charge in [0.15, 0.2) is 0 Å². The van der Waals surface area contributed by atoms with Crippen molar-refractivity contribution in [2.45, 2.75) is 32.2 Å². The minimum absolute atomic E-state index is 0.0144. The van der Waals surface area contributed by atoms with E-state index < -0.39 is 0 Å². The molecule has 2 heterocycles. The fraction of sp³-hybridized carbons (Fsp3) is 0.333. The van der Waals surface area contributed by atoms with Gasteiger partial charge in [-0.05, 0) is 37.3 Å². The fourth-order valence-corrected chi connectivity index (χ4v) is 3.15. The van der Waals surface area contributed by atoms with E-state index in [4.69, 9.17) is 0 Å². The molecule has 2 aromatic heterocycles. The molecule has 1 fully saturated rings. The highest BCUT2D eigenvalue weighted by molar-refractivity contribution is 5.95. The quantitative estimate of drug-likeness (QED) is 0.757. The van der Waals surface area contributed by atoms with Crippen LogP contribution in [0.3, 0.4) is 0 Å². The van der Waals surface area contributed by atoms with Gasteiger partial charge in [-0.2, -0.15) is 5.10 Å². The highest BCUT2D eigenvalue weighted by Gasteiger charge is 2.30. The fourth-order valence-electron chi connectivity index (χ4n) is 3.15. The van der Waals surface area contributed by atoms with Crippen molar-refractivity contribution < 1.29 is 4.79 Å². The molecule has 1 amide bonds. The van der Waals surface area contributed by atoms with Gasteiger partial charge in [0.25, 0.3) is 0 Å². The van der Waals surface area contributed by atoms with E-state index in [1.54, 1.807) is 6.20 Å². The van der Waals surface area contributed by atoms with E-state index in [1.807, 2.05) is 41.2 Å². The van der Waals surface area contributed by atoms with E-state index in [2.05, 4.69) is 22.3 Å². The molecule has 1 saturated carbocycles. The van der Waals surface area contributed by atoms with Gasteiger partial charge in [0.05, 0.1) is 18.7 Å². The monoisotopic (exact) mass is 308 g/mol. The Kier molecular flexibility index (Phi) is 3.41. The number of para-hydroxylation sites is 1. The number of H-pyrrole nitrogens is 1. The largest absolute Gasteiger partial charge is 0.361 e. The minimum Gasteiger partial charge on any atom is -0.361 e. The Bertz CT molecular complexity index is 843. The molecule has 5 nitrogen and oxygen atoms in total. The van der Waals surface area contributed by atoms with Crippen LogP contribution in [0.1, 0.15) is 31.4 Å². The predicted molar refractivity (Wildman–Crippen MR) is 90.3 cm³/mol. The Hall–Kier alpha value is -2.56. The normalized spacial score (nSPS) is 15.7. The van der Waals surface area contributed by atoms with Crippen molar-refractivity contribution in [3.05, 3.63) is 48.3 Å². The lowest BCUT2D eigenvalue weighted by atomic mass is 10.1. The third kappa shape index (κ3) is 2.74. The number of nitrogens with zero attached hydrogens (tertiary/aromatic N) is 2. The first-order valence-corrected chi connectivity index (χ1v) is 8.11. The number of hydrogen-bond acceptors (Lipinski definition) is 2. The molecule has 1 unspecified atom stereocenters. The van der Waals surface area contributed by atoms with Crippen LogP contribution in [0.5, 0.6) is 0 Å². The van der Waals surface area contributed by atoms with Gasteiger partial charge in [-0.1, -0.05) is 18.2 Å². The third-order valence-electron chi connectivity index (χ3n) is 4.65. The Labute approximate surface area is 134 Å². The summed E-state index contributed by atoms with van der Waals surface area (Å²) in [4.78, 5) is 15.6. The summed E-state index contributed by atoms with van der Waals surface area (Å²) in [5.74, 6) is 1.47. The Morgan fingerprint density at radius 2 is 2.22 bits per heavy atom. The average Bonchev–Trinajstić information content (AvgIpc) is 3.19. The van der Waals surface area contributed by atoms with E-state index in [9.17, 15) is 4.79 Å². The van der Waals surface area contributed by atoms with Gasteiger partial charge >= 0.3 is 0 Å². The number of aromatic nitrogens is 3. The van der Waals surface area contributed by atoms with Crippen molar-refractivity contribution in [3.63, 3.8) is 0 Å². The topological polar surface area (TPSA) is 62.7 Å². The van der Waals surface area contributed by atoms with Crippen LogP contribution < -0.4 is 5.32 Å². The molecule has 0 bridgehead atoms. The first-order chi connectivity index (χ1) is 11.2. The highest BCUT2D eigenvalue weighted by Crippen LogP contribution is 2.40. The molecule has 1 aliphatic rings. The zero-order chi connectivity index (χ0) is 15.8. The van der Waals surface area contributed by atoms with Gasteiger partial charge < -0.3 is 10.3 Å². The molecule has 0 saturated heterocycles. The van der Waals surface area contributed by atoms with Crippen LogP contribution in [-0.4, -0.2) is 20.7 Å². The Morgan fingerprint density at radius 3 is 3.04 bits per heavy atom. The summed E-state index contributed by atoms with van der Waals surface area (Å²) in [7, 11) is 0. The van der Waals surface area contributed by atoms with Crippen molar-refractivity contribution in [1.29, 1.82) is 0 Å². The zero-order valence-corrected chi connectivity index (χ0v) is 13.1. The van der Waals surface area contributed by atoms with Crippen LogP contribution in [0, 0.1) is 5.92 Å². The predicted octanol–water partition coefficient (Wildman–Crippen LogP) is 3.52. The van der Waals surface area contributed by atoms with Crippen LogP contribution >= 0.6 is 0 Å². The van der Waals surface area contributed by atoms with Gasteiger partial charge in [-0.15, -0.1) is 0 Å². The van der Waals surface area contributed by atoms with Crippen LogP contribution in [0.2, 0.25) is 0 Å². The van der Waals surface area contributed by atoms with E-state index >= 15 is 0 Å². The lowest BCUT2D eigenvalue weighted by Gasteiger charge is -2.15. The number of carbonyl (C=O) groups is 1. The molecule has 5 heteroatoms. The van der Waals surface area contributed by atoms with Gasteiger partial charge in [-0.3, -0.25) is 4.79 Å². The number of fused-ring (bicyclic) bond motifs is 1. The SMILES string of the molecule is CC(C1CC1)n1nccc1NC(=O)Cc1c[nH]c2ccccc12. The number of aromatic amines is 1. The molecule has 0 spiro atoms. The van der Waals surface area contributed by atoms with E-state index in [0.717, 1.165) is 22.3 Å². The molecule has 1 atom stereocenters. The third-order valence-corrected chi connectivity index (χ3v) is 4.65. The molecule has 118 valence electrons. The molecule has 4 rings (SSSR count). The molecule has 3 aromatic rings. The Morgan fingerprint density at radius 1 is 1.39 bits per heavy atom. The van der Waals surface area contributed by atoms with Crippen molar-refractivity contribution in [2.24, 2.45) is 5.92 Å². The molecule has 23 heavy (non-hydrogen) atoms. The second-order valence-electron chi connectivity index (χ2n) is 6.32. The number of nitrogens with one attached hydrogen (secondary N) is 2. The lowest BCUT2D eigenvalue weighted by Crippen LogP contribution is -2.19. The van der Waals surface area contributed by atoms with Crippen LogP contribution in [0.4, 0.5) is 5.82 Å². The summed E-state index contributed by atoms with van der Waals surface area (Å²) in [6, 6.07) is 10.2. The number of hydrogen-bond donors (Lipinski definition) is 2.